The molecule has 3 aromatic rings. The molecule has 29 heavy (non-hydrogen) atoms. The second-order valence-corrected chi connectivity index (χ2v) is 8.31. The van der Waals surface area contributed by atoms with E-state index in [9.17, 15) is 4.79 Å². The van der Waals surface area contributed by atoms with Crippen LogP contribution in [0.15, 0.2) is 36.4 Å². The van der Waals surface area contributed by atoms with Crippen LogP contribution in [0.3, 0.4) is 0 Å². The first-order valence-corrected chi connectivity index (χ1v) is 10.5. The number of thiazole rings is 1. The molecule has 7 heteroatoms. The van der Waals surface area contributed by atoms with Crippen LogP contribution in [0.4, 0.5) is 5.13 Å². The number of rotatable bonds is 7. The van der Waals surface area contributed by atoms with Crippen molar-refractivity contribution >= 4 is 32.6 Å². The first-order valence-electron chi connectivity index (χ1n) is 9.68. The molecule has 1 aliphatic rings. The number of ether oxygens (including phenoxy) is 2. The lowest BCUT2D eigenvalue weighted by Crippen LogP contribution is -2.54. The van der Waals surface area contributed by atoms with E-state index < -0.39 is 0 Å². The van der Waals surface area contributed by atoms with Crippen LogP contribution in [0.2, 0.25) is 0 Å². The molecule has 152 valence electrons. The standard InChI is InChI=1S/C22H25N3O3S/c1-14-4-6-17-20(10-14)29-22(24-17)25-12-16(13-25)21(26)23-9-8-15-5-7-18(27-2)19(11-15)28-3/h4-7,10-11,16H,8-9,12-13H2,1-3H3,(H,23,26). The molecule has 4 rings (SSSR count). The molecular formula is C22H25N3O3S. The normalized spacial score (nSPS) is 14.0. The number of nitrogens with zero attached hydrogens (tertiary/aromatic N) is 2. The minimum atomic E-state index is 0.0224. The highest BCUT2D eigenvalue weighted by Gasteiger charge is 2.34. The Morgan fingerprint density at radius 3 is 2.72 bits per heavy atom. The Hall–Kier alpha value is -2.80. The van der Waals surface area contributed by atoms with Crippen LogP contribution in [0.5, 0.6) is 11.5 Å². The molecule has 0 saturated carbocycles. The molecule has 1 fully saturated rings. The first kappa shape index (κ1) is 19.5. The highest BCUT2D eigenvalue weighted by Crippen LogP contribution is 2.33. The van der Waals surface area contributed by atoms with Crippen molar-refractivity contribution in [2.45, 2.75) is 13.3 Å². The van der Waals surface area contributed by atoms with Crippen LogP contribution in [-0.2, 0) is 11.2 Å². The molecular weight excluding hydrogens is 386 g/mol. The molecule has 0 radical (unpaired) electrons. The Labute approximate surface area is 174 Å². The van der Waals surface area contributed by atoms with Crippen LogP contribution >= 0.6 is 11.3 Å². The minimum Gasteiger partial charge on any atom is -0.493 e. The van der Waals surface area contributed by atoms with Crippen LogP contribution in [-0.4, -0.2) is 44.7 Å². The zero-order valence-corrected chi connectivity index (χ0v) is 17.7. The number of aromatic nitrogens is 1. The molecule has 1 amide bonds. The second-order valence-electron chi connectivity index (χ2n) is 7.30. The van der Waals surface area contributed by atoms with Gasteiger partial charge in [-0.25, -0.2) is 4.98 Å². The summed E-state index contributed by atoms with van der Waals surface area (Å²) in [5, 5.41) is 4.05. The van der Waals surface area contributed by atoms with Gasteiger partial charge in [0.25, 0.3) is 0 Å². The van der Waals surface area contributed by atoms with Crippen molar-refractivity contribution in [2.24, 2.45) is 5.92 Å². The molecule has 1 saturated heterocycles. The SMILES string of the molecule is COc1ccc(CCNC(=O)C2CN(c3nc4ccc(C)cc4s3)C2)cc1OC. The summed E-state index contributed by atoms with van der Waals surface area (Å²) in [6.45, 7) is 4.14. The average molecular weight is 412 g/mol. The van der Waals surface area contributed by atoms with E-state index in [0.717, 1.165) is 35.7 Å². The lowest BCUT2D eigenvalue weighted by atomic mass is 10.00. The van der Waals surface area contributed by atoms with E-state index in [2.05, 4.69) is 35.3 Å². The molecule has 0 aliphatic carbocycles. The lowest BCUT2D eigenvalue weighted by Gasteiger charge is -2.37. The van der Waals surface area contributed by atoms with E-state index in [0.29, 0.717) is 18.0 Å². The molecule has 6 nitrogen and oxygen atoms in total. The number of methoxy groups -OCH3 is 2. The number of carbonyl (C=O) groups excluding carboxylic acids is 1. The van der Waals surface area contributed by atoms with Gasteiger partial charge in [-0.05, 0) is 48.7 Å². The average Bonchev–Trinajstić information content (AvgIpc) is 3.09. The number of amides is 1. The highest BCUT2D eigenvalue weighted by atomic mass is 32.1. The third-order valence-electron chi connectivity index (χ3n) is 5.22. The third kappa shape index (κ3) is 4.15. The number of anilines is 1. The number of aryl methyl sites for hydroxylation is 1. The summed E-state index contributed by atoms with van der Waals surface area (Å²) in [6.07, 6.45) is 0.750. The second kappa shape index (κ2) is 8.29. The fourth-order valence-electron chi connectivity index (χ4n) is 3.47. The third-order valence-corrected chi connectivity index (χ3v) is 6.30. The molecule has 2 aromatic carbocycles. The predicted molar refractivity (Wildman–Crippen MR) is 116 cm³/mol. The van der Waals surface area contributed by atoms with Crippen LogP contribution in [0, 0.1) is 12.8 Å². The van der Waals surface area contributed by atoms with Gasteiger partial charge in [0.15, 0.2) is 16.6 Å². The van der Waals surface area contributed by atoms with Gasteiger partial charge in [-0.15, -0.1) is 0 Å². The fraction of sp³-hybridized carbons (Fsp3) is 0.364. The molecule has 2 heterocycles. The topological polar surface area (TPSA) is 63.7 Å². The van der Waals surface area contributed by atoms with Gasteiger partial charge in [-0.2, -0.15) is 0 Å². The van der Waals surface area contributed by atoms with Crippen LogP contribution in [0.25, 0.3) is 10.2 Å². The summed E-state index contributed by atoms with van der Waals surface area (Å²) >= 11 is 1.69. The Morgan fingerprint density at radius 2 is 1.97 bits per heavy atom. The molecule has 0 spiro atoms. The number of fused-ring (bicyclic) bond motifs is 1. The zero-order chi connectivity index (χ0) is 20.4. The van der Waals surface area contributed by atoms with Crippen molar-refractivity contribution in [1.29, 1.82) is 0 Å². The maximum Gasteiger partial charge on any atom is 0.226 e. The lowest BCUT2D eigenvalue weighted by molar-refractivity contribution is -0.125. The number of benzene rings is 2. The number of carbonyl (C=O) groups is 1. The van der Waals surface area contributed by atoms with Gasteiger partial charge in [-0.3, -0.25) is 4.79 Å². The van der Waals surface area contributed by atoms with Gasteiger partial charge in [0, 0.05) is 19.6 Å². The van der Waals surface area contributed by atoms with Crippen molar-refractivity contribution in [2.75, 3.05) is 38.8 Å². The summed E-state index contributed by atoms with van der Waals surface area (Å²) < 4.78 is 11.8. The maximum absolute atomic E-state index is 12.4. The van der Waals surface area contributed by atoms with Crippen molar-refractivity contribution in [3.05, 3.63) is 47.5 Å². The number of nitrogens with one attached hydrogen (secondary N) is 1. The highest BCUT2D eigenvalue weighted by molar-refractivity contribution is 7.22. The summed E-state index contributed by atoms with van der Waals surface area (Å²) in [6, 6.07) is 12.1. The van der Waals surface area contributed by atoms with Crippen molar-refractivity contribution in [3.63, 3.8) is 0 Å². The molecule has 1 aromatic heterocycles. The molecule has 0 atom stereocenters. The van der Waals surface area contributed by atoms with Crippen molar-refractivity contribution in [3.8, 4) is 11.5 Å². The molecule has 0 unspecified atom stereocenters. The van der Waals surface area contributed by atoms with E-state index in [1.165, 1.54) is 10.3 Å². The summed E-state index contributed by atoms with van der Waals surface area (Å²) in [5.74, 6) is 1.55. The number of hydrogen-bond acceptors (Lipinski definition) is 6. The quantitative estimate of drug-likeness (QED) is 0.645. The van der Waals surface area contributed by atoms with E-state index in [1.807, 2.05) is 18.2 Å². The van der Waals surface area contributed by atoms with Gasteiger partial charge < -0.3 is 19.7 Å². The smallest absolute Gasteiger partial charge is 0.226 e. The fourth-order valence-corrected chi connectivity index (χ4v) is 4.55. The van der Waals surface area contributed by atoms with Crippen molar-refractivity contribution < 1.29 is 14.3 Å². The van der Waals surface area contributed by atoms with Gasteiger partial charge in [-0.1, -0.05) is 23.5 Å². The summed E-state index contributed by atoms with van der Waals surface area (Å²) in [4.78, 5) is 19.3. The predicted octanol–water partition coefficient (Wildman–Crippen LogP) is 3.42. The maximum atomic E-state index is 12.4. The van der Waals surface area contributed by atoms with E-state index in [1.54, 1.807) is 25.6 Å². The Bertz CT molecular complexity index is 1030. The van der Waals surface area contributed by atoms with Crippen molar-refractivity contribution in [1.82, 2.24) is 10.3 Å². The Kier molecular flexibility index (Phi) is 5.58. The summed E-state index contributed by atoms with van der Waals surface area (Å²) in [5.41, 5.74) is 3.37. The van der Waals surface area contributed by atoms with E-state index in [4.69, 9.17) is 14.5 Å². The first-order chi connectivity index (χ1) is 14.1. The largest absolute Gasteiger partial charge is 0.493 e. The minimum absolute atomic E-state index is 0.0224. The van der Waals surface area contributed by atoms with Gasteiger partial charge >= 0.3 is 0 Å². The number of hydrogen-bond donors (Lipinski definition) is 1. The molecule has 1 N–H and O–H groups in total. The van der Waals surface area contributed by atoms with Gasteiger partial charge in [0.05, 0.1) is 30.4 Å². The Balaban J connectivity index is 1.26. The van der Waals surface area contributed by atoms with Gasteiger partial charge in [0.1, 0.15) is 0 Å². The Morgan fingerprint density at radius 1 is 1.17 bits per heavy atom. The monoisotopic (exact) mass is 411 g/mol. The molecule has 1 aliphatic heterocycles. The molecule has 0 bridgehead atoms. The van der Waals surface area contributed by atoms with Gasteiger partial charge in [0.2, 0.25) is 5.91 Å². The summed E-state index contributed by atoms with van der Waals surface area (Å²) in [7, 11) is 3.24. The van der Waals surface area contributed by atoms with Crippen LogP contribution < -0.4 is 19.7 Å². The zero-order valence-electron chi connectivity index (χ0n) is 16.9. The van der Waals surface area contributed by atoms with E-state index >= 15 is 0 Å². The van der Waals surface area contributed by atoms with Crippen LogP contribution in [0.1, 0.15) is 11.1 Å². The van der Waals surface area contributed by atoms with E-state index in [-0.39, 0.29) is 11.8 Å².